The summed E-state index contributed by atoms with van der Waals surface area (Å²) in [6.45, 7) is 4.70. The minimum Gasteiger partial charge on any atom is -0.465 e. The van der Waals surface area contributed by atoms with Crippen molar-refractivity contribution < 1.29 is 18.7 Å². The first-order chi connectivity index (χ1) is 9.53. The minimum atomic E-state index is -0.975. The average Bonchev–Trinajstić information content (AvgIpc) is 2.42. The molecule has 0 radical (unpaired) electrons. The van der Waals surface area contributed by atoms with Gasteiger partial charge in [-0.3, -0.25) is 10.1 Å². The van der Waals surface area contributed by atoms with Gasteiger partial charge in [0.15, 0.2) is 0 Å². The highest BCUT2D eigenvalue weighted by atomic mass is 19.1. The topological polar surface area (TPSA) is 47.6 Å². The zero-order valence-electron chi connectivity index (χ0n) is 12.2. The van der Waals surface area contributed by atoms with Crippen molar-refractivity contribution in [2.24, 2.45) is 0 Å². The highest BCUT2D eigenvalue weighted by Gasteiger charge is 2.35. The largest absolute Gasteiger partial charge is 0.465 e. The third-order valence-electron chi connectivity index (χ3n) is 3.05. The summed E-state index contributed by atoms with van der Waals surface area (Å²) >= 11 is 0. The maximum atomic E-state index is 13.8. The summed E-state index contributed by atoms with van der Waals surface area (Å²) < 4.78 is 23.8. The van der Waals surface area contributed by atoms with Crippen LogP contribution in [-0.2, 0) is 20.7 Å². The van der Waals surface area contributed by atoms with Gasteiger partial charge in [-0.2, -0.15) is 0 Å². The Morgan fingerprint density at radius 3 is 2.70 bits per heavy atom. The predicted molar refractivity (Wildman–Crippen MR) is 75.0 cm³/mol. The number of nitrogens with one attached hydrogen (secondary N) is 1. The molecule has 0 spiro atoms. The third kappa shape index (κ3) is 4.58. The van der Waals surface area contributed by atoms with Crippen LogP contribution in [0.2, 0.25) is 0 Å². The Labute approximate surface area is 119 Å². The molecule has 1 unspecified atom stereocenters. The van der Waals surface area contributed by atoms with E-state index in [9.17, 15) is 9.18 Å². The van der Waals surface area contributed by atoms with Gasteiger partial charge in [0.2, 0.25) is 0 Å². The number of ether oxygens (including phenoxy) is 2. The number of methoxy groups -OCH3 is 1. The van der Waals surface area contributed by atoms with Crippen molar-refractivity contribution in [3.8, 4) is 0 Å². The van der Waals surface area contributed by atoms with E-state index in [4.69, 9.17) is 9.47 Å². The van der Waals surface area contributed by atoms with E-state index in [2.05, 4.69) is 5.32 Å². The van der Waals surface area contributed by atoms with Crippen molar-refractivity contribution in [1.29, 1.82) is 0 Å². The molecule has 20 heavy (non-hydrogen) atoms. The maximum Gasteiger partial charge on any atom is 0.326 e. The van der Waals surface area contributed by atoms with Crippen LogP contribution in [0.3, 0.4) is 0 Å². The lowest BCUT2D eigenvalue weighted by molar-refractivity contribution is -0.150. The number of benzene rings is 1. The molecule has 4 nitrogen and oxygen atoms in total. The predicted octanol–water partition coefficient (Wildman–Crippen LogP) is 1.93. The van der Waals surface area contributed by atoms with Crippen molar-refractivity contribution in [2.45, 2.75) is 25.8 Å². The first-order valence-corrected chi connectivity index (χ1v) is 6.68. The Bertz CT molecular complexity index is 439. The average molecular weight is 283 g/mol. The van der Waals surface area contributed by atoms with Crippen molar-refractivity contribution >= 4 is 5.97 Å². The molecule has 0 saturated heterocycles. The molecule has 0 amide bonds. The van der Waals surface area contributed by atoms with E-state index < -0.39 is 5.54 Å². The Morgan fingerprint density at radius 1 is 1.40 bits per heavy atom. The number of esters is 1. The Hall–Kier alpha value is -1.46. The monoisotopic (exact) mass is 283 g/mol. The van der Waals surface area contributed by atoms with Gasteiger partial charge in [0, 0.05) is 20.1 Å². The molecule has 0 heterocycles. The fraction of sp³-hybridized carbons (Fsp3) is 0.533. The summed E-state index contributed by atoms with van der Waals surface area (Å²) in [6, 6.07) is 6.43. The first-order valence-electron chi connectivity index (χ1n) is 6.68. The Balaban J connectivity index is 2.86. The lowest BCUT2D eigenvalue weighted by Crippen LogP contribution is -2.53. The van der Waals surface area contributed by atoms with Crippen LogP contribution < -0.4 is 5.32 Å². The zero-order valence-corrected chi connectivity index (χ0v) is 12.2. The van der Waals surface area contributed by atoms with Gasteiger partial charge >= 0.3 is 5.97 Å². The number of carbonyl (C=O) groups is 1. The van der Waals surface area contributed by atoms with Crippen LogP contribution in [0.15, 0.2) is 24.3 Å². The molecule has 0 fully saturated rings. The summed E-state index contributed by atoms with van der Waals surface area (Å²) in [6.07, 6.45) is 0.224. The van der Waals surface area contributed by atoms with Gasteiger partial charge in [0.25, 0.3) is 0 Å². The molecule has 1 aromatic rings. The maximum absolute atomic E-state index is 13.8. The highest BCUT2D eigenvalue weighted by Crippen LogP contribution is 2.18. The van der Waals surface area contributed by atoms with Gasteiger partial charge in [-0.25, -0.2) is 4.39 Å². The van der Waals surface area contributed by atoms with Crippen LogP contribution in [0, 0.1) is 5.82 Å². The summed E-state index contributed by atoms with van der Waals surface area (Å²) in [5.74, 6) is -0.712. The van der Waals surface area contributed by atoms with Gasteiger partial charge < -0.3 is 9.47 Å². The van der Waals surface area contributed by atoms with Gasteiger partial charge in [0.05, 0.1) is 13.2 Å². The van der Waals surface area contributed by atoms with Crippen LogP contribution in [0.25, 0.3) is 0 Å². The molecule has 0 aliphatic carbocycles. The highest BCUT2D eigenvalue weighted by molar-refractivity contribution is 5.80. The molecule has 1 aromatic carbocycles. The van der Waals surface area contributed by atoms with Crippen molar-refractivity contribution in [1.82, 2.24) is 5.32 Å². The van der Waals surface area contributed by atoms with E-state index in [0.29, 0.717) is 18.7 Å². The second-order valence-electron chi connectivity index (χ2n) is 4.74. The van der Waals surface area contributed by atoms with Gasteiger partial charge in [-0.15, -0.1) is 0 Å². The van der Waals surface area contributed by atoms with Crippen molar-refractivity contribution in [2.75, 3.05) is 26.9 Å². The minimum absolute atomic E-state index is 0.224. The van der Waals surface area contributed by atoms with Gasteiger partial charge in [-0.05, 0) is 25.5 Å². The molecule has 0 saturated carbocycles. The lowest BCUT2D eigenvalue weighted by atomic mass is 9.92. The smallest absolute Gasteiger partial charge is 0.326 e. The standard InChI is InChI=1S/C15H22FNO3/c1-4-20-14(18)15(2,17-9-10-19-3)11-12-7-5-6-8-13(12)16/h5-8,17H,4,9-11H2,1-3H3. The number of halogens is 1. The van der Waals surface area contributed by atoms with E-state index in [1.165, 1.54) is 6.07 Å². The third-order valence-corrected chi connectivity index (χ3v) is 3.05. The molecular weight excluding hydrogens is 261 g/mol. The number of carbonyl (C=O) groups excluding carboxylic acids is 1. The molecule has 112 valence electrons. The van der Waals surface area contributed by atoms with E-state index >= 15 is 0 Å². The van der Waals surface area contributed by atoms with Crippen LogP contribution >= 0.6 is 0 Å². The normalized spacial score (nSPS) is 13.8. The number of hydrogen-bond acceptors (Lipinski definition) is 4. The molecule has 0 aromatic heterocycles. The molecular formula is C15H22FNO3. The van der Waals surface area contributed by atoms with Gasteiger partial charge in [-0.1, -0.05) is 18.2 Å². The SMILES string of the molecule is CCOC(=O)C(C)(Cc1ccccc1F)NCCOC. The van der Waals surface area contributed by atoms with Gasteiger partial charge in [0.1, 0.15) is 11.4 Å². The zero-order chi connectivity index (χ0) is 15.0. The molecule has 1 atom stereocenters. The first kappa shape index (κ1) is 16.6. The summed E-state index contributed by atoms with van der Waals surface area (Å²) in [5, 5.41) is 3.09. The fourth-order valence-electron chi connectivity index (χ4n) is 1.95. The van der Waals surface area contributed by atoms with E-state index in [0.717, 1.165) is 0 Å². The number of rotatable bonds is 8. The van der Waals surface area contributed by atoms with Crippen LogP contribution in [0.4, 0.5) is 4.39 Å². The summed E-state index contributed by atoms with van der Waals surface area (Å²) in [7, 11) is 1.58. The van der Waals surface area contributed by atoms with E-state index in [1.54, 1.807) is 39.2 Å². The summed E-state index contributed by atoms with van der Waals surface area (Å²) in [4.78, 5) is 12.1. The van der Waals surface area contributed by atoms with Crippen molar-refractivity contribution in [3.63, 3.8) is 0 Å². The Kier molecular flexibility index (Phi) is 6.61. The lowest BCUT2D eigenvalue weighted by Gasteiger charge is -2.28. The quantitative estimate of drug-likeness (QED) is 0.585. The molecule has 0 aliphatic rings. The summed E-state index contributed by atoms with van der Waals surface area (Å²) in [5.41, 5.74) is -0.496. The molecule has 5 heteroatoms. The molecule has 0 aliphatic heterocycles. The Morgan fingerprint density at radius 2 is 2.10 bits per heavy atom. The molecule has 0 bridgehead atoms. The number of hydrogen-bond donors (Lipinski definition) is 1. The van der Waals surface area contributed by atoms with E-state index in [1.807, 2.05) is 0 Å². The van der Waals surface area contributed by atoms with Crippen molar-refractivity contribution in [3.05, 3.63) is 35.6 Å². The second kappa shape index (κ2) is 7.97. The molecule has 1 N–H and O–H groups in total. The molecule has 1 rings (SSSR count). The van der Waals surface area contributed by atoms with Crippen LogP contribution in [-0.4, -0.2) is 38.4 Å². The fourth-order valence-corrected chi connectivity index (χ4v) is 1.95. The second-order valence-corrected chi connectivity index (χ2v) is 4.74. The van der Waals surface area contributed by atoms with E-state index in [-0.39, 0.29) is 24.8 Å². The van der Waals surface area contributed by atoms with Crippen LogP contribution in [0.1, 0.15) is 19.4 Å². The van der Waals surface area contributed by atoms with Crippen LogP contribution in [0.5, 0.6) is 0 Å².